The second-order valence-corrected chi connectivity index (χ2v) is 6.49. The summed E-state index contributed by atoms with van der Waals surface area (Å²) in [6.45, 7) is 6.50. The first kappa shape index (κ1) is 20.3. The van der Waals surface area contributed by atoms with E-state index in [9.17, 15) is 5.21 Å². The summed E-state index contributed by atoms with van der Waals surface area (Å²) < 4.78 is 11.5. The van der Waals surface area contributed by atoms with Crippen molar-refractivity contribution in [2.24, 2.45) is 5.16 Å². The molecule has 0 spiro atoms. The lowest BCUT2D eigenvalue weighted by molar-refractivity contribution is 0.302. The monoisotopic (exact) mass is 394 g/mol. The van der Waals surface area contributed by atoms with E-state index < -0.39 is 0 Å². The Morgan fingerprint density at radius 2 is 1.97 bits per heavy atom. The van der Waals surface area contributed by atoms with Crippen LogP contribution in [0.25, 0.3) is 0 Å². The van der Waals surface area contributed by atoms with Crippen LogP contribution in [0.1, 0.15) is 25.2 Å². The number of furan rings is 1. The molecule has 0 atom stereocenters. The first-order valence-electron chi connectivity index (χ1n) is 9.60. The highest BCUT2D eigenvalue weighted by molar-refractivity contribution is 6.00. The minimum Gasteiger partial charge on any atom is -0.467 e. The molecule has 0 saturated heterocycles. The second-order valence-electron chi connectivity index (χ2n) is 6.49. The lowest BCUT2D eigenvalue weighted by atomic mass is 10.2. The van der Waals surface area contributed by atoms with Gasteiger partial charge in [-0.15, -0.1) is 0 Å². The Morgan fingerprint density at radius 1 is 1.14 bits per heavy atom. The Labute approximate surface area is 170 Å². The van der Waals surface area contributed by atoms with Crippen LogP contribution >= 0.6 is 0 Å². The van der Waals surface area contributed by atoms with Crippen LogP contribution in [-0.4, -0.2) is 41.1 Å². The molecular formula is C22H26N4O3. The molecule has 0 aliphatic rings. The van der Waals surface area contributed by atoms with Crippen molar-refractivity contribution in [1.82, 2.24) is 9.88 Å². The van der Waals surface area contributed by atoms with Gasteiger partial charge in [0.1, 0.15) is 11.5 Å². The highest BCUT2D eigenvalue weighted by Crippen LogP contribution is 2.28. The molecule has 2 aromatic heterocycles. The Kier molecular flexibility index (Phi) is 6.73. The second kappa shape index (κ2) is 9.64. The minimum atomic E-state index is 0.337. The van der Waals surface area contributed by atoms with Crippen LogP contribution in [-0.2, 0) is 6.54 Å². The number of nitrogens with zero attached hydrogens (tertiary/aromatic N) is 4. The number of ether oxygens (including phenoxy) is 1. The smallest absolute Gasteiger partial charge is 0.230 e. The van der Waals surface area contributed by atoms with Crippen molar-refractivity contribution < 1.29 is 14.4 Å². The van der Waals surface area contributed by atoms with Gasteiger partial charge in [0, 0.05) is 38.1 Å². The first-order valence-corrected chi connectivity index (χ1v) is 9.60. The number of pyridine rings is 1. The van der Waals surface area contributed by atoms with Gasteiger partial charge >= 0.3 is 0 Å². The standard InChI is InChI=1S/C22H26N4O3/c1-4-26(5-2)17-9-6-10-18(15-17)29-22-20(12-7-13-23-22)21(24-27)25(3)16-19-11-8-14-28-19/h6-15,27H,4-5,16H2,1-3H3/b24-21-. The van der Waals surface area contributed by atoms with Crippen LogP contribution in [0, 0.1) is 0 Å². The molecule has 0 aliphatic heterocycles. The van der Waals surface area contributed by atoms with Crippen molar-refractivity contribution in [3.05, 3.63) is 72.3 Å². The van der Waals surface area contributed by atoms with Crippen molar-refractivity contribution in [3.63, 3.8) is 0 Å². The van der Waals surface area contributed by atoms with Gasteiger partial charge in [-0.05, 0) is 50.2 Å². The van der Waals surface area contributed by atoms with Crippen molar-refractivity contribution in [1.29, 1.82) is 0 Å². The molecule has 3 rings (SSSR count). The minimum absolute atomic E-state index is 0.337. The fraction of sp³-hybridized carbons (Fsp3) is 0.273. The fourth-order valence-corrected chi connectivity index (χ4v) is 3.13. The van der Waals surface area contributed by atoms with E-state index in [2.05, 4.69) is 35.0 Å². The lowest BCUT2D eigenvalue weighted by Crippen LogP contribution is -2.27. The molecule has 1 aromatic carbocycles. The normalized spacial score (nSPS) is 11.3. The van der Waals surface area contributed by atoms with Gasteiger partial charge in [-0.1, -0.05) is 11.2 Å². The molecule has 2 heterocycles. The summed E-state index contributed by atoms with van der Waals surface area (Å²) in [5.41, 5.74) is 1.66. The Morgan fingerprint density at radius 3 is 2.66 bits per heavy atom. The first-order chi connectivity index (χ1) is 14.2. The van der Waals surface area contributed by atoms with Crippen LogP contribution in [0.15, 0.2) is 70.6 Å². The number of benzene rings is 1. The maximum atomic E-state index is 9.68. The summed E-state index contributed by atoms with van der Waals surface area (Å²) >= 11 is 0. The van der Waals surface area contributed by atoms with E-state index in [1.54, 1.807) is 23.4 Å². The maximum Gasteiger partial charge on any atom is 0.230 e. The largest absolute Gasteiger partial charge is 0.467 e. The van der Waals surface area contributed by atoms with Crippen LogP contribution < -0.4 is 9.64 Å². The quantitative estimate of drug-likeness (QED) is 0.261. The Balaban J connectivity index is 1.86. The van der Waals surface area contributed by atoms with E-state index in [-0.39, 0.29) is 0 Å². The van der Waals surface area contributed by atoms with Crippen LogP contribution in [0.4, 0.5) is 5.69 Å². The van der Waals surface area contributed by atoms with Crippen LogP contribution in [0.3, 0.4) is 0 Å². The highest BCUT2D eigenvalue weighted by Gasteiger charge is 2.18. The number of rotatable bonds is 8. The molecule has 3 aromatic rings. The summed E-state index contributed by atoms with van der Waals surface area (Å²) in [4.78, 5) is 8.37. The van der Waals surface area contributed by atoms with Gasteiger partial charge in [0.2, 0.25) is 5.88 Å². The predicted octanol–water partition coefficient (Wildman–Crippen LogP) is 4.58. The zero-order valence-electron chi connectivity index (χ0n) is 16.9. The molecule has 0 bridgehead atoms. The third kappa shape index (κ3) is 4.87. The average molecular weight is 394 g/mol. The van der Waals surface area contributed by atoms with E-state index in [0.29, 0.717) is 29.6 Å². The third-order valence-electron chi connectivity index (χ3n) is 4.60. The average Bonchev–Trinajstić information content (AvgIpc) is 3.24. The number of amidine groups is 1. The molecular weight excluding hydrogens is 368 g/mol. The molecule has 0 unspecified atom stereocenters. The fourth-order valence-electron chi connectivity index (χ4n) is 3.13. The number of anilines is 1. The molecule has 0 fully saturated rings. The van der Waals surface area contributed by atoms with Crippen molar-refractivity contribution in [2.45, 2.75) is 20.4 Å². The summed E-state index contributed by atoms with van der Waals surface area (Å²) in [5.74, 6) is 2.12. The zero-order valence-corrected chi connectivity index (χ0v) is 16.9. The Bertz CT molecular complexity index is 937. The van der Waals surface area contributed by atoms with E-state index in [1.807, 2.05) is 43.4 Å². The van der Waals surface area contributed by atoms with E-state index in [0.717, 1.165) is 24.5 Å². The maximum absolute atomic E-state index is 9.68. The van der Waals surface area contributed by atoms with Crippen molar-refractivity contribution in [3.8, 4) is 11.6 Å². The number of hydrogen-bond donors (Lipinski definition) is 1. The summed E-state index contributed by atoms with van der Waals surface area (Å²) in [6, 6.07) is 15.1. The summed E-state index contributed by atoms with van der Waals surface area (Å²) in [5, 5.41) is 13.2. The summed E-state index contributed by atoms with van der Waals surface area (Å²) in [6.07, 6.45) is 3.26. The van der Waals surface area contributed by atoms with Gasteiger partial charge in [-0.3, -0.25) is 0 Å². The third-order valence-corrected chi connectivity index (χ3v) is 4.60. The number of aromatic nitrogens is 1. The molecule has 29 heavy (non-hydrogen) atoms. The lowest BCUT2D eigenvalue weighted by Gasteiger charge is -2.22. The van der Waals surface area contributed by atoms with Crippen LogP contribution in [0.2, 0.25) is 0 Å². The highest BCUT2D eigenvalue weighted by atomic mass is 16.5. The van der Waals surface area contributed by atoms with Crippen molar-refractivity contribution >= 4 is 11.5 Å². The molecule has 0 radical (unpaired) electrons. The molecule has 0 saturated carbocycles. The van der Waals surface area contributed by atoms with Crippen LogP contribution in [0.5, 0.6) is 11.6 Å². The zero-order chi connectivity index (χ0) is 20.6. The molecule has 152 valence electrons. The topological polar surface area (TPSA) is 74.3 Å². The molecule has 0 amide bonds. The molecule has 1 N–H and O–H groups in total. The van der Waals surface area contributed by atoms with Gasteiger partial charge in [-0.2, -0.15) is 0 Å². The Hall–Kier alpha value is -3.48. The molecule has 0 aliphatic carbocycles. The van der Waals surface area contributed by atoms with Crippen molar-refractivity contribution in [2.75, 3.05) is 25.0 Å². The molecule has 7 heteroatoms. The van der Waals surface area contributed by atoms with E-state index >= 15 is 0 Å². The number of hydrogen-bond acceptors (Lipinski definition) is 6. The predicted molar refractivity (Wildman–Crippen MR) is 113 cm³/mol. The van der Waals surface area contributed by atoms with E-state index in [4.69, 9.17) is 9.15 Å². The van der Waals surface area contributed by atoms with Gasteiger partial charge in [0.15, 0.2) is 5.84 Å². The SMILES string of the molecule is CCN(CC)c1cccc(Oc2ncccc2/C(=N/O)N(C)Cc2ccco2)c1. The van der Waals surface area contributed by atoms with Gasteiger partial charge in [-0.25, -0.2) is 4.98 Å². The van der Waals surface area contributed by atoms with E-state index in [1.165, 1.54) is 0 Å². The summed E-state index contributed by atoms with van der Waals surface area (Å²) in [7, 11) is 1.81. The number of oxime groups is 1. The van der Waals surface area contributed by atoms with Gasteiger partial charge in [0.05, 0.1) is 18.4 Å². The van der Waals surface area contributed by atoms with Gasteiger partial charge < -0.3 is 24.2 Å². The molecule has 7 nitrogen and oxygen atoms in total. The van der Waals surface area contributed by atoms with Gasteiger partial charge in [0.25, 0.3) is 0 Å².